The quantitative estimate of drug-likeness (QED) is 0.480. The van der Waals surface area contributed by atoms with Crippen molar-refractivity contribution in [2.24, 2.45) is 0 Å². The molecule has 1 fully saturated rings. The SMILES string of the molecule is O=C(CNc1cccc(C(=O)NCc2ccccc2)c1)Nc1cccc(C(=O)N2CCCC2)c1. The van der Waals surface area contributed by atoms with Gasteiger partial charge in [-0.25, -0.2) is 0 Å². The molecule has 0 radical (unpaired) electrons. The molecule has 174 valence electrons. The van der Waals surface area contributed by atoms with Crippen LogP contribution in [0.1, 0.15) is 39.1 Å². The maximum absolute atomic E-state index is 12.6. The summed E-state index contributed by atoms with van der Waals surface area (Å²) in [6.45, 7) is 2.03. The Morgan fingerprint density at radius 1 is 0.765 bits per heavy atom. The lowest BCUT2D eigenvalue weighted by Gasteiger charge is -2.16. The lowest BCUT2D eigenvalue weighted by molar-refractivity contribution is -0.114. The first kappa shape index (κ1) is 23.0. The summed E-state index contributed by atoms with van der Waals surface area (Å²) in [4.78, 5) is 39.4. The Kier molecular flexibility index (Phi) is 7.55. The van der Waals surface area contributed by atoms with Gasteiger partial charge in [0.1, 0.15) is 0 Å². The van der Waals surface area contributed by atoms with Crippen LogP contribution in [-0.2, 0) is 11.3 Å². The van der Waals surface area contributed by atoms with Crippen molar-refractivity contribution in [1.29, 1.82) is 0 Å². The third-order valence-corrected chi connectivity index (χ3v) is 5.66. The van der Waals surface area contributed by atoms with Gasteiger partial charge in [0.05, 0.1) is 6.54 Å². The summed E-state index contributed by atoms with van der Waals surface area (Å²) in [6.07, 6.45) is 2.06. The molecule has 4 rings (SSSR count). The van der Waals surface area contributed by atoms with E-state index in [0.717, 1.165) is 31.5 Å². The molecule has 0 saturated carbocycles. The molecule has 3 N–H and O–H groups in total. The number of likely N-dealkylation sites (tertiary alicyclic amines) is 1. The van der Waals surface area contributed by atoms with Crippen LogP contribution < -0.4 is 16.0 Å². The van der Waals surface area contributed by atoms with E-state index >= 15 is 0 Å². The van der Waals surface area contributed by atoms with Crippen LogP contribution in [-0.4, -0.2) is 42.3 Å². The molecule has 0 atom stereocenters. The van der Waals surface area contributed by atoms with Gasteiger partial charge in [-0.3, -0.25) is 14.4 Å². The molecule has 7 nitrogen and oxygen atoms in total. The van der Waals surface area contributed by atoms with Crippen LogP contribution in [0.25, 0.3) is 0 Å². The average molecular weight is 457 g/mol. The minimum atomic E-state index is -0.246. The molecule has 0 unspecified atom stereocenters. The van der Waals surface area contributed by atoms with Crippen molar-refractivity contribution in [2.45, 2.75) is 19.4 Å². The number of hydrogen-bond donors (Lipinski definition) is 3. The van der Waals surface area contributed by atoms with E-state index < -0.39 is 0 Å². The molecule has 34 heavy (non-hydrogen) atoms. The molecule has 1 saturated heterocycles. The van der Waals surface area contributed by atoms with Crippen LogP contribution in [0.3, 0.4) is 0 Å². The second-order valence-electron chi connectivity index (χ2n) is 8.23. The Morgan fingerprint density at radius 3 is 2.21 bits per heavy atom. The number of nitrogens with zero attached hydrogens (tertiary/aromatic N) is 1. The van der Waals surface area contributed by atoms with Crippen molar-refractivity contribution < 1.29 is 14.4 Å². The van der Waals surface area contributed by atoms with E-state index in [-0.39, 0.29) is 24.3 Å². The van der Waals surface area contributed by atoms with Crippen molar-refractivity contribution in [1.82, 2.24) is 10.2 Å². The predicted molar refractivity (Wildman–Crippen MR) is 133 cm³/mol. The highest BCUT2D eigenvalue weighted by molar-refractivity contribution is 5.98. The molecule has 1 heterocycles. The fourth-order valence-corrected chi connectivity index (χ4v) is 3.87. The van der Waals surface area contributed by atoms with Crippen LogP contribution in [0.15, 0.2) is 78.9 Å². The third-order valence-electron chi connectivity index (χ3n) is 5.66. The summed E-state index contributed by atoms with van der Waals surface area (Å²) in [6, 6.07) is 23.7. The zero-order valence-electron chi connectivity index (χ0n) is 18.9. The summed E-state index contributed by atoms with van der Waals surface area (Å²) >= 11 is 0. The van der Waals surface area contributed by atoms with Crippen LogP contribution in [0.4, 0.5) is 11.4 Å². The van der Waals surface area contributed by atoms with E-state index in [1.54, 1.807) is 48.5 Å². The highest BCUT2D eigenvalue weighted by Crippen LogP contribution is 2.17. The van der Waals surface area contributed by atoms with E-state index in [1.807, 2.05) is 35.2 Å². The number of carbonyl (C=O) groups excluding carboxylic acids is 3. The molecule has 1 aliphatic heterocycles. The minimum Gasteiger partial charge on any atom is -0.376 e. The number of anilines is 2. The third kappa shape index (κ3) is 6.22. The smallest absolute Gasteiger partial charge is 0.253 e. The Balaban J connectivity index is 1.29. The second-order valence-corrected chi connectivity index (χ2v) is 8.23. The number of hydrogen-bond acceptors (Lipinski definition) is 4. The molecule has 7 heteroatoms. The zero-order chi connectivity index (χ0) is 23.8. The Hall–Kier alpha value is -4.13. The van der Waals surface area contributed by atoms with Crippen LogP contribution in [0.5, 0.6) is 0 Å². The number of rotatable bonds is 8. The molecular weight excluding hydrogens is 428 g/mol. The maximum Gasteiger partial charge on any atom is 0.253 e. The minimum absolute atomic E-state index is 0.00548. The van der Waals surface area contributed by atoms with Crippen molar-refractivity contribution >= 4 is 29.1 Å². The van der Waals surface area contributed by atoms with Gasteiger partial charge >= 0.3 is 0 Å². The summed E-state index contributed by atoms with van der Waals surface area (Å²) in [7, 11) is 0. The molecule has 3 aromatic rings. The van der Waals surface area contributed by atoms with Gasteiger partial charge in [-0.15, -0.1) is 0 Å². The molecule has 0 aromatic heterocycles. The highest BCUT2D eigenvalue weighted by Gasteiger charge is 2.19. The lowest BCUT2D eigenvalue weighted by atomic mass is 10.1. The van der Waals surface area contributed by atoms with Gasteiger partial charge in [-0.05, 0) is 54.8 Å². The van der Waals surface area contributed by atoms with Crippen LogP contribution in [0, 0.1) is 0 Å². The van der Waals surface area contributed by atoms with E-state index in [2.05, 4.69) is 16.0 Å². The fraction of sp³-hybridized carbons (Fsp3) is 0.222. The number of amides is 3. The van der Waals surface area contributed by atoms with Gasteiger partial charge in [-0.1, -0.05) is 42.5 Å². The second kappa shape index (κ2) is 11.1. The normalized spacial score (nSPS) is 12.8. The number of carbonyl (C=O) groups is 3. The molecule has 0 aliphatic carbocycles. The van der Waals surface area contributed by atoms with E-state index in [1.165, 1.54) is 0 Å². The van der Waals surface area contributed by atoms with Crippen LogP contribution in [0.2, 0.25) is 0 Å². The topological polar surface area (TPSA) is 90.5 Å². The van der Waals surface area contributed by atoms with E-state index in [0.29, 0.717) is 29.0 Å². The Morgan fingerprint density at radius 2 is 1.44 bits per heavy atom. The van der Waals surface area contributed by atoms with Crippen molar-refractivity contribution in [3.63, 3.8) is 0 Å². The largest absolute Gasteiger partial charge is 0.376 e. The Labute approximate surface area is 199 Å². The fourth-order valence-electron chi connectivity index (χ4n) is 3.87. The molecular formula is C27H28N4O3. The van der Waals surface area contributed by atoms with Gasteiger partial charge in [0.15, 0.2) is 0 Å². The standard InChI is InChI=1S/C27H28N4O3/c32-25(30-24-13-7-11-22(17-24)27(34)31-14-4-5-15-31)19-28-23-12-6-10-21(16-23)26(33)29-18-20-8-2-1-3-9-20/h1-3,6-13,16-17,28H,4-5,14-15,18-19H2,(H,29,33)(H,30,32). The van der Waals surface area contributed by atoms with Gasteiger partial charge in [0.25, 0.3) is 11.8 Å². The van der Waals surface area contributed by atoms with Gasteiger partial charge < -0.3 is 20.9 Å². The zero-order valence-corrected chi connectivity index (χ0v) is 18.9. The number of benzene rings is 3. The summed E-state index contributed by atoms with van der Waals surface area (Å²) < 4.78 is 0. The Bertz CT molecular complexity index is 1160. The monoisotopic (exact) mass is 456 g/mol. The molecule has 1 aliphatic rings. The maximum atomic E-state index is 12.6. The summed E-state index contributed by atoms with van der Waals surface area (Å²) in [5.41, 5.74) is 3.34. The van der Waals surface area contributed by atoms with Crippen LogP contribution >= 0.6 is 0 Å². The molecule has 0 spiro atoms. The lowest BCUT2D eigenvalue weighted by Crippen LogP contribution is -2.27. The van der Waals surface area contributed by atoms with Gasteiger partial charge in [-0.2, -0.15) is 0 Å². The molecule has 0 bridgehead atoms. The first-order valence-electron chi connectivity index (χ1n) is 11.4. The molecule has 3 aromatic carbocycles. The van der Waals surface area contributed by atoms with Gasteiger partial charge in [0.2, 0.25) is 5.91 Å². The first-order chi connectivity index (χ1) is 16.6. The van der Waals surface area contributed by atoms with E-state index in [9.17, 15) is 14.4 Å². The van der Waals surface area contributed by atoms with Crippen molar-refractivity contribution in [3.8, 4) is 0 Å². The number of nitrogens with one attached hydrogen (secondary N) is 3. The van der Waals surface area contributed by atoms with Crippen molar-refractivity contribution in [2.75, 3.05) is 30.3 Å². The summed E-state index contributed by atoms with van der Waals surface area (Å²) in [5.74, 6) is -0.435. The predicted octanol–water partition coefficient (Wildman–Crippen LogP) is 3.90. The molecule has 3 amide bonds. The first-order valence-corrected chi connectivity index (χ1v) is 11.4. The highest BCUT2D eigenvalue weighted by atomic mass is 16.2. The van der Waals surface area contributed by atoms with Crippen molar-refractivity contribution in [3.05, 3.63) is 95.6 Å². The van der Waals surface area contributed by atoms with E-state index in [4.69, 9.17) is 0 Å². The summed E-state index contributed by atoms with van der Waals surface area (Å²) in [5, 5.41) is 8.77. The van der Waals surface area contributed by atoms with Gasteiger partial charge in [0, 0.05) is 42.1 Å². The average Bonchev–Trinajstić information content (AvgIpc) is 3.42.